The van der Waals surface area contributed by atoms with E-state index >= 15 is 0 Å². The third-order valence-corrected chi connectivity index (χ3v) is 0.973. The SMILES string of the molecule is C=C(C)C=CNC(=O)C(C)O. The van der Waals surface area contributed by atoms with Gasteiger partial charge in [0.15, 0.2) is 0 Å². The fraction of sp³-hybridized carbons (Fsp3) is 0.375. The highest BCUT2D eigenvalue weighted by atomic mass is 16.3. The average molecular weight is 155 g/mol. The van der Waals surface area contributed by atoms with Crippen molar-refractivity contribution in [2.45, 2.75) is 20.0 Å². The highest BCUT2D eigenvalue weighted by Gasteiger charge is 2.04. The quantitative estimate of drug-likeness (QED) is 0.585. The molecule has 11 heavy (non-hydrogen) atoms. The summed E-state index contributed by atoms with van der Waals surface area (Å²) in [5.74, 6) is -0.414. The van der Waals surface area contributed by atoms with Crippen LogP contribution in [0.2, 0.25) is 0 Å². The maximum atomic E-state index is 10.7. The van der Waals surface area contributed by atoms with Crippen LogP contribution in [0.5, 0.6) is 0 Å². The summed E-state index contributed by atoms with van der Waals surface area (Å²) < 4.78 is 0. The number of aliphatic hydroxyl groups is 1. The van der Waals surface area contributed by atoms with Crippen LogP contribution in [0, 0.1) is 0 Å². The van der Waals surface area contributed by atoms with Crippen LogP contribution < -0.4 is 5.32 Å². The molecule has 1 amide bonds. The number of carbonyl (C=O) groups excluding carboxylic acids is 1. The van der Waals surface area contributed by atoms with Gasteiger partial charge in [-0.05, 0) is 19.9 Å². The zero-order valence-corrected chi connectivity index (χ0v) is 6.79. The molecule has 0 radical (unpaired) electrons. The van der Waals surface area contributed by atoms with Crippen molar-refractivity contribution in [2.24, 2.45) is 0 Å². The second-order valence-electron chi connectivity index (χ2n) is 2.36. The van der Waals surface area contributed by atoms with Crippen LogP contribution in [0.15, 0.2) is 24.4 Å². The van der Waals surface area contributed by atoms with Crippen LogP contribution in [0.1, 0.15) is 13.8 Å². The maximum Gasteiger partial charge on any atom is 0.252 e. The molecule has 0 spiro atoms. The Balaban J connectivity index is 3.71. The molecule has 3 heteroatoms. The molecule has 0 aliphatic carbocycles. The van der Waals surface area contributed by atoms with E-state index in [4.69, 9.17) is 5.11 Å². The number of hydrogen-bond donors (Lipinski definition) is 2. The molecular formula is C8H13NO2. The second kappa shape index (κ2) is 4.68. The first-order valence-corrected chi connectivity index (χ1v) is 3.34. The number of amides is 1. The van der Waals surface area contributed by atoms with Crippen LogP contribution in [0.4, 0.5) is 0 Å². The monoisotopic (exact) mass is 155 g/mol. The predicted octanol–water partition coefficient (Wildman–Crippen LogP) is 0.573. The first-order valence-electron chi connectivity index (χ1n) is 3.34. The first-order chi connectivity index (χ1) is 5.04. The standard InChI is InChI=1S/C8H13NO2/c1-6(2)4-5-9-8(11)7(3)10/h4-5,7,10H,1H2,2-3H3,(H,9,11). The molecule has 0 aromatic rings. The fourth-order valence-corrected chi connectivity index (χ4v) is 0.387. The lowest BCUT2D eigenvalue weighted by Crippen LogP contribution is -2.28. The second-order valence-corrected chi connectivity index (χ2v) is 2.36. The van der Waals surface area contributed by atoms with Crippen LogP contribution >= 0.6 is 0 Å². The molecule has 0 saturated carbocycles. The van der Waals surface area contributed by atoms with E-state index in [1.807, 2.05) is 6.92 Å². The summed E-state index contributed by atoms with van der Waals surface area (Å²) in [4.78, 5) is 10.7. The van der Waals surface area contributed by atoms with Crippen molar-refractivity contribution in [3.63, 3.8) is 0 Å². The molecule has 1 unspecified atom stereocenters. The third-order valence-electron chi connectivity index (χ3n) is 0.973. The highest BCUT2D eigenvalue weighted by molar-refractivity contribution is 5.80. The third kappa shape index (κ3) is 5.36. The Kier molecular flexibility index (Phi) is 4.22. The molecule has 0 aliphatic heterocycles. The van der Waals surface area contributed by atoms with E-state index in [-0.39, 0.29) is 0 Å². The van der Waals surface area contributed by atoms with E-state index in [0.717, 1.165) is 5.57 Å². The molecule has 0 fully saturated rings. The van der Waals surface area contributed by atoms with E-state index in [1.54, 1.807) is 6.08 Å². The molecule has 0 aromatic heterocycles. The summed E-state index contributed by atoms with van der Waals surface area (Å²) in [7, 11) is 0. The van der Waals surface area contributed by atoms with Crippen LogP contribution in [0.25, 0.3) is 0 Å². The molecule has 1 atom stereocenters. The lowest BCUT2D eigenvalue weighted by molar-refractivity contribution is -0.127. The van der Waals surface area contributed by atoms with Gasteiger partial charge in [-0.3, -0.25) is 4.79 Å². The van der Waals surface area contributed by atoms with Crippen molar-refractivity contribution in [1.29, 1.82) is 0 Å². The highest BCUT2D eigenvalue weighted by Crippen LogP contribution is 1.86. The Labute approximate surface area is 66.4 Å². The van der Waals surface area contributed by atoms with Crippen molar-refractivity contribution < 1.29 is 9.90 Å². The number of hydrogen-bond acceptors (Lipinski definition) is 2. The predicted molar refractivity (Wildman–Crippen MR) is 43.8 cm³/mol. The number of allylic oxidation sites excluding steroid dienone is 2. The molecule has 3 nitrogen and oxygen atoms in total. The Hall–Kier alpha value is -1.09. The topological polar surface area (TPSA) is 49.3 Å². The van der Waals surface area contributed by atoms with Crippen LogP contribution in [-0.2, 0) is 4.79 Å². The summed E-state index contributed by atoms with van der Waals surface area (Å²) in [5.41, 5.74) is 0.843. The molecule has 0 heterocycles. The van der Waals surface area contributed by atoms with Gasteiger partial charge < -0.3 is 10.4 Å². The zero-order chi connectivity index (χ0) is 8.85. The van der Waals surface area contributed by atoms with Gasteiger partial charge in [-0.2, -0.15) is 0 Å². The Morgan fingerprint density at radius 2 is 2.27 bits per heavy atom. The minimum atomic E-state index is -0.968. The number of nitrogens with one attached hydrogen (secondary N) is 1. The molecular weight excluding hydrogens is 142 g/mol. The molecule has 0 saturated heterocycles. The summed E-state index contributed by atoms with van der Waals surface area (Å²) in [6.07, 6.45) is 2.14. The van der Waals surface area contributed by atoms with Gasteiger partial charge in [0.05, 0.1) is 0 Å². The lowest BCUT2D eigenvalue weighted by Gasteiger charge is -2.00. The van der Waals surface area contributed by atoms with E-state index in [9.17, 15) is 4.79 Å². The molecule has 62 valence electrons. The summed E-state index contributed by atoms with van der Waals surface area (Å²) in [6, 6.07) is 0. The van der Waals surface area contributed by atoms with Gasteiger partial charge in [-0.25, -0.2) is 0 Å². The lowest BCUT2D eigenvalue weighted by atomic mass is 10.3. The van der Waals surface area contributed by atoms with Gasteiger partial charge in [-0.1, -0.05) is 12.2 Å². The Morgan fingerprint density at radius 3 is 2.64 bits per heavy atom. The zero-order valence-electron chi connectivity index (χ0n) is 6.79. The Morgan fingerprint density at radius 1 is 1.73 bits per heavy atom. The van der Waals surface area contributed by atoms with Crippen molar-refractivity contribution in [2.75, 3.05) is 0 Å². The van der Waals surface area contributed by atoms with E-state index in [0.29, 0.717) is 0 Å². The van der Waals surface area contributed by atoms with Crippen LogP contribution in [0.3, 0.4) is 0 Å². The number of carbonyl (C=O) groups is 1. The summed E-state index contributed by atoms with van der Waals surface area (Å²) in [5, 5.41) is 11.1. The molecule has 0 aliphatic rings. The van der Waals surface area contributed by atoms with E-state index in [2.05, 4.69) is 11.9 Å². The fourth-order valence-electron chi connectivity index (χ4n) is 0.387. The van der Waals surface area contributed by atoms with Gasteiger partial charge in [0.1, 0.15) is 6.10 Å². The smallest absolute Gasteiger partial charge is 0.252 e. The largest absolute Gasteiger partial charge is 0.384 e. The van der Waals surface area contributed by atoms with Gasteiger partial charge in [0.25, 0.3) is 5.91 Å². The van der Waals surface area contributed by atoms with Crippen molar-refractivity contribution >= 4 is 5.91 Å². The van der Waals surface area contributed by atoms with Gasteiger partial charge in [-0.15, -0.1) is 0 Å². The number of aliphatic hydroxyl groups excluding tert-OH is 1. The minimum absolute atomic E-state index is 0.414. The van der Waals surface area contributed by atoms with E-state index < -0.39 is 12.0 Å². The van der Waals surface area contributed by atoms with Crippen molar-refractivity contribution in [1.82, 2.24) is 5.32 Å². The van der Waals surface area contributed by atoms with Crippen LogP contribution in [-0.4, -0.2) is 17.1 Å². The van der Waals surface area contributed by atoms with E-state index in [1.165, 1.54) is 13.1 Å². The normalized spacial score (nSPS) is 13.0. The average Bonchev–Trinajstić information content (AvgIpc) is 1.86. The number of rotatable bonds is 3. The van der Waals surface area contributed by atoms with Crippen molar-refractivity contribution in [3.8, 4) is 0 Å². The molecule has 0 aromatic carbocycles. The Bertz CT molecular complexity index is 183. The van der Waals surface area contributed by atoms with Gasteiger partial charge in [0.2, 0.25) is 0 Å². The maximum absolute atomic E-state index is 10.7. The summed E-state index contributed by atoms with van der Waals surface area (Å²) >= 11 is 0. The van der Waals surface area contributed by atoms with Crippen molar-refractivity contribution in [3.05, 3.63) is 24.4 Å². The van der Waals surface area contributed by atoms with Gasteiger partial charge >= 0.3 is 0 Å². The minimum Gasteiger partial charge on any atom is -0.384 e. The molecule has 0 rings (SSSR count). The van der Waals surface area contributed by atoms with Gasteiger partial charge in [0, 0.05) is 6.20 Å². The summed E-state index contributed by atoms with van der Waals surface area (Å²) in [6.45, 7) is 6.81. The first kappa shape index (κ1) is 9.91. The molecule has 2 N–H and O–H groups in total. The molecule has 0 bridgehead atoms.